The summed E-state index contributed by atoms with van der Waals surface area (Å²) in [6, 6.07) is 9.30. The molecule has 1 fully saturated rings. The summed E-state index contributed by atoms with van der Waals surface area (Å²) in [5.74, 6) is 0. The van der Waals surface area contributed by atoms with E-state index in [1.807, 2.05) is 30.3 Å². The fraction of sp³-hybridized carbons (Fsp3) is 0.571. The molecule has 1 saturated heterocycles. The molecule has 0 radical (unpaired) electrons. The fourth-order valence-electron chi connectivity index (χ4n) is 2.93. The van der Waals surface area contributed by atoms with E-state index in [2.05, 4.69) is 0 Å². The minimum absolute atomic E-state index is 0.104. The van der Waals surface area contributed by atoms with Crippen LogP contribution in [0.5, 0.6) is 0 Å². The van der Waals surface area contributed by atoms with Crippen LogP contribution in [0.3, 0.4) is 0 Å². The van der Waals surface area contributed by atoms with Crippen LogP contribution in [0, 0.1) is 0 Å². The standard InChI is InChI=1S/C21H32N2O6S/c1-21(2,3)29-20(24)22-11-13-23(14-12-22)30(25,26)19(10-15-28-17-27-4)16-18-8-6-5-7-9-18/h5-9,16H,10-15,17H2,1-4H3/b19-16+. The van der Waals surface area contributed by atoms with Crippen LogP contribution in [-0.2, 0) is 24.2 Å². The zero-order valence-corrected chi connectivity index (χ0v) is 19.0. The first kappa shape index (κ1) is 24.3. The lowest BCUT2D eigenvalue weighted by Crippen LogP contribution is -2.51. The Morgan fingerprint density at radius 1 is 1.10 bits per heavy atom. The van der Waals surface area contributed by atoms with E-state index >= 15 is 0 Å². The van der Waals surface area contributed by atoms with Gasteiger partial charge in [-0.05, 0) is 32.4 Å². The SMILES string of the molecule is COCOCC/C(=C\c1ccccc1)S(=O)(=O)N1CCN(C(=O)OC(C)(C)C)CC1. The minimum atomic E-state index is -3.70. The van der Waals surface area contributed by atoms with Crippen molar-refractivity contribution in [2.45, 2.75) is 32.8 Å². The molecule has 1 aliphatic heterocycles. The summed E-state index contributed by atoms with van der Waals surface area (Å²) in [7, 11) is -2.18. The number of hydrogen-bond acceptors (Lipinski definition) is 6. The Kier molecular flexibility index (Phi) is 8.84. The molecule has 8 nitrogen and oxygen atoms in total. The van der Waals surface area contributed by atoms with Gasteiger partial charge in [0.1, 0.15) is 12.4 Å². The number of amides is 1. The molecule has 1 amide bonds. The van der Waals surface area contributed by atoms with Crippen molar-refractivity contribution in [3.05, 3.63) is 40.8 Å². The summed E-state index contributed by atoms with van der Waals surface area (Å²) in [5, 5.41) is 0. The summed E-state index contributed by atoms with van der Waals surface area (Å²) in [5.41, 5.74) is 0.212. The van der Waals surface area contributed by atoms with E-state index in [9.17, 15) is 13.2 Å². The quantitative estimate of drug-likeness (QED) is 0.456. The molecular weight excluding hydrogens is 408 g/mol. The maximum Gasteiger partial charge on any atom is 0.410 e. The smallest absolute Gasteiger partial charge is 0.410 e. The average molecular weight is 441 g/mol. The number of methoxy groups -OCH3 is 1. The third-order valence-corrected chi connectivity index (χ3v) is 6.41. The van der Waals surface area contributed by atoms with Gasteiger partial charge in [-0.2, -0.15) is 4.31 Å². The molecule has 0 atom stereocenters. The summed E-state index contributed by atoms with van der Waals surface area (Å²) >= 11 is 0. The summed E-state index contributed by atoms with van der Waals surface area (Å²) in [6.07, 6.45) is 1.48. The van der Waals surface area contributed by atoms with E-state index in [1.165, 1.54) is 11.4 Å². The van der Waals surface area contributed by atoms with Crippen molar-refractivity contribution in [3.63, 3.8) is 0 Å². The van der Waals surface area contributed by atoms with Gasteiger partial charge in [-0.1, -0.05) is 30.3 Å². The van der Waals surface area contributed by atoms with E-state index in [0.29, 0.717) is 0 Å². The molecule has 0 unspecified atom stereocenters. The predicted octanol–water partition coefficient (Wildman–Crippen LogP) is 2.92. The van der Waals surface area contributed by atoms with E-state index in [0.717, 1.165) is 5.56 Å². The van der Waals surface area contributed by atoms with Crippen LogP contribution < -0.4 is 0 Å². The van der Waals surface area contributed by atoms with Crippen LogP contribution in [0.4, 0.5) is 4.79 Å². The number of piperazine rings is 1. The lowest BCUT2D eigenvalue weighted by atomic mass is 10.2. The summed E-state index contributed by atoms with van der Waals surface area (Å²) in [6.45, 7) is 6.74. The predicted molar refractivity (Wildman–Crippen MR) is 115 cm³/mol. The van der Waals surface area contributed by atoms with Crippen molar-refractivity contribution in [1.29, 1.82) is 0 Å². The van der Waals surface area contributed by atoms with Crippen molar-refractivity contribution in [2.24, 2.45) is 0 Å². The number of ether oxygens (including phenoxy) is 3. The molecule has 1 aromatic rings. The van der Waals surface area contributed by atoms with Gasteiger partial charge in [0.05, 0.1) is 11.5 Å². The number of benzene rings is 1. The van der Waals surface area contributed by atoms with Crippen molar-refractivity contribution in [3.8, 4) is 0 Å². The van der Waals surface area contributed by atoms with Crippen LogP contribution in [0.1, 0.15) is 32.8 Å². The molecule has 9 heteroatoms. The highest BCUT2D eigenvalue weighted by atomic mass is 32.2. The van der Waals surface area contributed by atoms with Crippen LogP contribution in [0.2, 0.25) is 0 Å². The van der Waals surface area contributed by atoms with E-state index in [1.54, 1.807) is 31.7 Å². The van der Waals surface area contributed by atoms with Crippen LogP contribution in [0.25, 0.3) is 6.08 Å². The van der Waals surface area contributed by atoms with Gasteiger partial charge in [0.25, 0.3) is 0 Å². The van der Waals surface area contributed by atoms with Crippen LogP contribution in [-0.4, -0.2) is 76.0 Å². The third-order valence-electron chi connectivity index (χ3n) is 4.38. The van der Waals surface area contributed by atoms with Gasteiger partial charge in [0.15, 0.2) is 0 Å². The molecular formula is C21H32N2O6S. The second kappa shape index (κ2) is 10.9. The molecule has 30 heavy (non-hydrogen) atoms. The maximum absolute atomic E-state index is 13.3. The van der Waals surface area contributed by atoms with Gasteiger partial charge in [-0.3, -0.25) is 0 Å². The van der Waals surface area contributed by atoms with Gasteiger partial charge < -0.3 is 19.1 Å². The van der Waals surface area contributed by atoms with E-state index < -0.39 is 21.7 Å². The topological polar surface area (TPSA) is 85.4 Å². The van der Waals surface area contributed by atoms with Gasteiger partial charge in [0.2, 0.25) is 10.0 Å². The van der Waals surface area contributed by atoms with Crippen LogP contribution >= 0.6 is 0 Å². The molecule has 1 heterocycles. The molecule has 0 N–H and O–H groups in total. The summed E-state index contributed by atoms with van der Waals surface area (Å²) < 4.78 is 43.6. The van der Waals surface area contributed by atoms with E-state index in [-0.39, 0.29) is 50.9 Å². The average Bonchev–Trinajstić information content (AvgIpc) is 2.70. The Hall–Kier alpha value is -1.94. The first-order valence-corrected chi connectivity index (χ1v) is 11.4. The molecule has 0 saturated carbocycles. The highest BCUT2D eigenvalue weighted by Crippen LogP contribution is 2.22. The highest BCUT2D eigenvalue weighted by Gasteiger charge is 2.33. The molecule has 0 bridgehead atoms. The van der Waals surface area contributed by atoms with Gasteiger partial charge in [0, 0.05) is 39.7 Å². The van der Waals surface area contributed by atoms with Crippen molar-refractivity contribution < 1.29 is 27.4 Å². The molecule has 0 aliphatic carbocycles. The van der Waals surface area contributed by atoms with E-state index in [4.69, 9.17) is 14.2 Å². The Labute approximate surface area is 179 Å². The summed E-state index contributed by atoms with van der Waals surface area (Å²) in [4.78, 5) is 14.1. The lowest BCUT2D eigenvalue weighted by Gasteiger charge is -2.35. The normalized spacial score (nSPS) is 16.5. The van der Waals surface area contributed by atoms with Gasteiger partial charge >= 0.3 is 6.09 Å². The monoisotopic (exact) mass is 440 g/mol. The fourth-order valence-corrected chi connectivity index (χ4v) is 4.53. The number of hydrogen-bond donors (Lipinski definition) is 0. The number of rotatable bonds is 8. The number of carbonyl (C=O) groups excluding carboxylic acids is 1. The minimum Gasteiger partial charge on any atom is -0.444 e. The second-order valence-electron chi connectivity index (χ2n) is 7.96. The lowest BCUT2D eigenvalue weighted by molar-refractivity contribution is -0.0287. The third kappa shape index (κ3) is 7.39. The Bertz CT molecular complexity index is 810. The second-order valence-corrected chi connectivity index (χ2v) is 9.95. The zero-order valence-electron chi connectivity index (χ0n) is 18.2. The van der Waals surface area contributed by atoms with Crippen molar-refractivity contribution in [1.82, 2.24) is 9.21 Å². The first-order valence-electron chi connectivity index (χ1n) is 9.94. The molecule has 1 aliphatic rings. The molecule has 0 spiro atoms. The Morgan fingerprint density at radius 3 is 2.30 bits per heavy atom. The molecule has 168 valence electrons. The van der Waals surface area contributed by atoms with Gasteiger partial charge in [-0.15, -0.1) is 0 Å². The van der Waals surface area contributed by atoms with Crippen molar-refractivity contribution >= 4 is 22.2 Å². The Balaban J connectivity index is 2.10. The number of sulfonamides is 1. The largest absolute Gasteiger partial charge is 0.444 e. The van der Waals surface area contributed by atoms with Gasteiger partial charge in [-0.25, -0.2) is 13.2 Å². The first-order chi connectivity index (χ1) is 14.1. The van der Waals surface area contributed by atoms with Crippen LogP contribution in [0.15, 0.2) is 35.2 Å². The Morgan fingerprint density at radius 2 is 1.73 bits per heavy atom. The highest BCUT2D eigenvalue weighted by molar-refractivity contribution is 7.93. The molecule has 1 aromatic carbocycles. The maximum atomic E-state index is 13.3. The van der Waals surface area contributed by atoms with Crippen molar-refractivity contribution in [2.75, 3.05) is 46.7 Å². The molecule has 2 rings (SSSR count). The zero-order chi connectivity index (χ0) is 22.2. The number of nitrogens with zero attached hydrogens (tertiary/aromatic N) is 2. The molecule has 0 aromatic heterocycles. The number of carbonyl (C=O) groups is 1.